The van der Waals surface area contributed by atoms with Crippen LogP contribution in [0.5, 0.6) is 5.75 Å². The van der Waals surface area contributed by atoms with Crippen molar-refractivity contribution >= 4 is 39.3 Å². The molecular weight excluding hydrogens is 492 g/mol. The van der Waals surface area contributed by atoms with Crippen LogP contribution in [0.4, 0.5) is 0 Å². The number of ether oxygens (including phenoxy) is 1. The fourth-order valence-corrected chi connectivity index (χ4v) is 3.72. The van der Waals surface area contributed by atoms with E-state index in [0.29, 0.717) is 23.7 Å². The van der Waals surface area contributed by atoms with E-state index in [-0.39, 0.29) is 24.5 Å². The lowest BCUT2D eigenvalue weighted by molar-refractivity contribution is -0.143. The van der Waals surface area contributed by atoms with Crippen molar-refractivity contribution in [1.29, 1.82) is 0 Å². The van der Waals surface area contributed by atoms with Crippen LogP contribution >= 0.6 is 27.5 Å². The maximum atomic E-state index is 13.3. The molecule has 0 aliphatic rings. The number of benzene rings is 2. The van der Waals surface area contributed by atoms with Crippen LogP contribution in [0.2, 0.25) is 5.02 Å². The van der Waals surface area contributed by atoms with Gasteiger partial charge in [0, 0.05) is 22.1 Å². The number of hydrogen-bond donors (Lipinski definition) is 1. The minimum atomic E-state index is -0.593. The first-order valence-electron chi connectivity index (χ1n) is 10.9. The van der Waals surface area contributed by atoms with Gasteiger partial charge in [-0.3, -0.25) is 9.59 Å². The lowest BCUT2D eigenvalue weighted by Crippen LogP contribution is -2.51. The summed E-state index contributed by atoms with van der Waals surface area (Å²) in [6, 6.07) is 10.5. The van der Waals surface area contributed by atoms with Crippen molar-refractivity contribution in [1.82, 2.24) is 10.2 Å². The standard InChI is InChI=1S/C25H32BrClN2O3/c1-6-18(5)28-25(31)22(7-2)29(14-19-8-10-20(27)11-9-19)23(30)15-32-21-12-16(3)24(26)17(4)13-21/h8-13,18,22H,6-7,14-15H2,1-5H3,(H,28,31)/t18-,22+/m1/s1. The molecule has 2 aromatic carbocycles. The molecule has 0 saturated heterocycles. The molecule has 0 heterocycles. The van der Waals surface area contributed by atoms with E-state index in [1.165, 1.54) is 0 Å². The molecule has 174 valence electrons. The van der Waals surface area contributed by atoms with Crippen molar-refractivity contribution in [3.8, 4) is 5.75 Å². The summed E-state index contributed by atoms with van der Waals surface area (Å²) in [4.78, 5) is 27.8. The number of amides is 2. The maximum absolute atomic E-state index is 13.3. The molecular formula is C25H32BrClN2O3. The highest BCUT2D eigenvalue weighted by atomic mass is 79.9. The Morgan fingerprint density at radius 3 is 2.22 bits per heavy atom. The van der Waals surface area contributed by atoms with Crippen molar-refractivity contribution in [2.75, 3.05) is 6.61 Å². The predicted molar refractivity (Wildman–Crippen MR) is 133 cm³/mol. The minimum Gasteiger partial charge on any atom is -0.484 e. The number of aryl methyl sites for hydroxylation is 2. The number of carbonyl (C=O) groups is 2. The van der Waals surface area contributed by atoms with E-state index in [1.807, 2.05) is 58.9 Å². The van der Waals surface area contributed by atoms with Crippen LogP contribution in [0.3, 0.4) is 0 Å². The number of nitrogens with one attached hydrogen (secondary N) is 1. The van der Waals surface area contributed by atoms with Gasteiger partial charge in [0.15, 0.2) is 6.61 Å². The van der Waals surface area contributed by atoms with Crippen molar-refractivity contribution in [2.45, 2.75) is 66.1 Å². The molecule has 1 N–H and O–H groups in total. The average Bonchev–Trinajstić information content (AvgIpc) is 2.76. The van der Waals surface area contributed by atoms with Gasteiger partial charge in [-0.1, -0.05) is 53.5 Å². The third-order valence-electron chi connectivity index (χ3n) is 5.43. The summed E-state index contributed by atoms with van der Waals surface area (Å²) in [6.45, 7) is 9.97. The normalized spacial score (nSPS) is 12.7. The summed E-state index contributed by atoms with van der Waals surface area (Å²) in [5.74, 6) is 0.226. The van der Waals surface area contributed by atoms with Crippen LogP contribution in [0, 0.1) is 13.8 Å². The van der Waals surface area contributed by atoms with Gasteiger partial charge in [0.25, 0.3) is 5.91 Å². The molecule has 2 rings (SSSR count). The van der Waals surface area contributed by atoms with Crippen LogP contribution in [0.25, 0.3) is 0 Å². The molecule has 32 heavy (non-hydrogen) atoms. The molecule has 5 nitrogen and oxygen atoms in total. The first kappa shape index (κ1) is 26.2. The second-order valence-corrected chi connectivity index (χ2v) is 9.28. The summed E-state index contributed by atoms with van der Waals surface area (Å²) < 4.78 is 6.86. The molecule has 2 atom stereocenters. The van der Waals surface area contributed by atoms with E-state index in [4.69, 9.17) is 16.3 Å². The highest BCUT2D eigenvalue weighted by Gasteiger charge is 2.29. The summed E-state index contributed by atoms with van der Waals surface area (Å²) in [5.41, 5.74) is 2.96. The third kappa shape index (κ3) is 7.24. The SMILES string of the molecule is CC[C@@H](C)NC(=O)[C@H](CC)N(Cc1ccc(Cl)cc1)C(=O)COc1cc(C)c(Br)c(C)c1. The second-order valence-electron chi connectivity index (χ2n) is 8.05. The Bertz CT molecular complexity index is 910. The Kier molecular flexibility index (Phi) is 10.0. The number of carbonyl (C=O) groups excluding carboxylic acids is 2. The fourth-order valence-electron chi connectivity index (χ4n) is 3.36. The van der Waals surface area contributed by atoms with Crippen LogP contribution < -0.4 is 10.1 Å². The summed E-state index contributed by atoms with van der Waals surface area (Å²) in [5, 5.41) is 3.63. The average molecular weight is 524 g/mol. The van der Waals surface area contributed by atoms with Gasteiger partial charge >= 0.3 is 0 Å². The van der Waals surface area contributed by atoms with Crippen LogP contribution in [-0.2, 0) is 16.1 Å². The van der Waals surface area contributed by atoms with E-state index >= 15 is 0 Å². The zero-order chi connectivity index (χ0) is 23.8. The number of halogens is 2. The molecule has 0 aromatic heterocycles. The highest BCUT2D eigenvalue weighted by Crippen LogP contribution is 2.26. The summed E-state index contributed by atoms with van der Waals surface area (Å²) in [7, 11) is 0. The van der Waals surface area contributed by atoms with Crippen molar-refractivity contribution in [2.24, 2.45) is 0 Å². The monoisotopic (exact) mass is 522 g/mol. The van der Waals surface area contributed by atoms with Gasteiger partial charge in [-0.2, -0.15) is 0 Å². The lowest BCUT2D eigenvalue weighted by atomic mass is 10.1. The van der Waals surface area contributed by atoms with Crippen molar-refractivity contribution < 1.29 is 14.3 Å². The van der Waals surface area contributed by atoms with Gasteiger partial charge in [0.05, 0.1) is 0 Å². The molecule has 0 bridgehead atoms. The molecule has 0 aliphatic carbocycles. The zero-order valence-electron chi connectivity index (χ0n) is 19.4. The number of nitrogens with zero attached hydrogens (tertiary/aromatic N) is 1. The molecule has 0 fully saturated rings. The van der Waals surface area contributed by atoms with Gasteiger partial charge < -0.3 is 15.0 Å². The molecule has 7 heteroatoms. The van der Waals surface area contributed by atoms with Gasteiger partial charge in [0.2, 0.25) is 5.91 Å². The molecule has 0 radical (unpaired) electrons. The van der Waals surface area contributed by atoms with E-state index in [9.17, 15) is 9.59 Å². The second kappa shape index (κ2) is 12.3. The Morgan fingerprint density at radius 2 is 1.69 bits per heavy atom. The van der Waals surface area contributed by atoms with Crippen LogP contribution in [-0.4, -0.2) is 35.4 Å². The quantitative estimate of drug-likeness (QED) is 0.427. The fraction of sp³-hybridized carbons (Fsp3) is 0.440. The summed E-state index contributed by atoms with van der Waals surface area (Å²) >= 11 is 9.55. The van der Waals surface area contributed by atoms with Crippen molar-refractivity contribution in [3.05, 3.63) is 62.6 Å². The Labute approximate surface area is 204 Å². The van der Waals surface area contributed by atoms with E-state index in [2.05, 4.69) is 21.2 Å². The molecule has 0 unspecified atom stereocenters. The topological polar surface area (TPSA) is 58.6 Å². The van der Waals surface area contributed by atoms with Gasteiger partial charge in [0.1, 0.15) is 11.8 Å². The van der Waals surface area contributed by atoms with Crippen molar-refractivity contribution in [3.63, 3.8) is 0 Å². The van der Waals surface area contributed by atoms with Gasteiger partial charge in [-0.05, 0) is 74.6 Å². The van der Waals surface area contributed by atoms with E-state index in [1.54, 1.807) is 17.0 Å². The molecule has 2 aromatic rings. The molecule has 0 spiro atoms. The first-order valence-corrected chi connectivity index (χ1v) is 12.1. The minimum absolute atomic E-state index is 0.0361. The summed E-state index contributed by atoms with van der Waals surface area (Å²) in [6.07, 6.45) is 1.32. The van der Waals surface area contributed by atoms with Gasteiger partial charge in [-0.25, -0.2) is 0 Å². The largest absolute Gasteiger partial charge is 0.484 e. The third-order valence-corrected chi connectivity index (χ3v) is 6.93. The lowest BCUT2D eigenvalue weighted by Gasteiger charge is -2.31. The van der Waals surface area contributed by atoms with Gasteiger partial charge in [-0.15, -0.1) is 0 Å². The molecule has 2 amide bonds. The highest BCUT2D eigenvalue weighted by molar-refractivity contribution is 9.10. The van der Waals surface area contributed by atoms with E-state index in [0.717, 1.165) is 27.6 Å². The van der Waals surface area contributed by atoms with Crippen LogP contribution in [0.15, 0.2) is 40.9 Å². The molecule has 0 saturated carbocycles. The number of hydrogen-bond acceptors (Lipinski definition) is 3. The maximum Gasteiger partial charge on any atom is 0.261 e. The Balaban J connectivity index is 2.24. The molecule has 0 aliphatic heterocycles. The first-order chi connectivity index (χ1) is 15.2. The number of rotatable bonds is 10. The van der Waals surface area contributed by atoms with E-state index < -0.39 is 6.04 Å². The Hall–Kier alpha value is -2.05. The van der Waals surface area contributed by atoms with Crippen LogP contribution in [0.1, 0.15) is 50.3 Å². The Morgan fingerprint density at radius 1 is 1.09 bits per heavy atom. The zero-order valence-corrected chi connectivity index (χ0v) is 21.7. The predicted octanol–water partition coefficient (Wildman–Crippen LogP) is 5.82. The smallest absolute Gasteiger partial charge is 0.261 e.